The molecule has 656 valence electrons. The van der Waals surface area contributed by atoms with Crippen LogP contribution in [-0.2, 0) is 23.7 Å². The van der Waals surface area contributed by atoms with Gasteiger partial charge in [0.05, 0.1) is 27.8 Å². The maximum Gasteiger partial charge on any atom is 0.410 e. The van der Waals surface area contributed by atoms with E-state index in [0.29, 0.717) is 112 Å². The van der Waals surface area contributed by atoms with Crippen molar-refractivity contribution in [1.82, 2.24) is 24.9 Å². The minimum atomic E-state index is -0.901. The number of carbonyl (C=O) groups excluding carboxylic acids is 7. The van der Waals surface area contributed by atoms with E-state index in [9.17, 15) is 47.9 Å². The predicted octanol–water partition coefficient (Wildman–Crippen LogP) is 20.0. The molecule has 24 nitrogen and oxygen atoms in total. The number of nitrogens with one attached hydrogen (secondary N) is 1. The minimum Gasteiger partial charge on any atom is -0.477 e. The average Bonchev–Trinajstić information content (AvgIpc) is 1.65. The van der Waals surface area contributed by atoms with E-state index in [0.717, 1.165) is 95.9 Å². The van der Waals surface area contributed by atoms with Crippen LogP contribution >= 0.6 is 81.0 Å². The Kier molecular flexibility index (Phi) is 34.3. The largest absolute Gasteiger partial charge is 0.477 e. The van der Waals surface area contributed by atoms with Crippen LogP contribution in [0.4, 0.5) is 52.0 Å². The molecule has 0 unspecified atom stereocenters. The van der Waals surface area contributed by atoms with Gasteiger partial charge in [-0.2, -0.15) is 0 Å². The number of carbonyl (C=O) groups is 8. The van der Waals surface area contributed by atoms with Gasteiger partial charge in [-0.25, -0.2) is 33.2 Å². The molecule has 0 aliphatic carbocycles. The molecular formula is C90H110Cl3FN10O14S4. The Balaban J connectivity index is 0.000000169. The Morgan fingerprint density at radius 1 is 0.410 bits per heavy atom. The van der Waals surface area contributed by atoms with E-state index in [1.165, 1.54) is 72.4 Å². The summed E-state index contributed by atoms with van der Waals surface area (Å²) in [7, 11) is 0. The SMILES string of the molecule is CC(C)(C)OC(=O)N1CCN(c2cccc(Cl)c2C=O)CC1.CC(C)(C)OC(=O)N1CCN(c2cccc3sc(C(=O)O)cc23)CC1.CC(C)(C)OC(=O)N1CCN(c2cccc3sccc23)CC1.CCOC(=O)c1cc2c(N3CCN(C(=O)OC(C)(C)C)CC3)cccc2s1.Cl.O=Cc1c(F)cccc1Cl.c1cc(N2CCNCC2)c2ccsc2c1. The summed E-state index contributed by atoms with van der Waals surface area (Å²) in [6, 6.07) is 42.5. The number of thiophene rings is 4. The summed E-state index contributed by atoms with van der Waals surface area (Å²) in [6.07, 6.45) is 0.125. The van der Waals surface area contributed by atoms with Gasteiger partial charge in [-0.1, -0.05) is 59.6 Å². The third-order valence-corrected chi connectivity index (χ3v) is 24.1. The number of amides is 4. The summed E-state index contributed by atoms with van der Waals surface area (Å²) in [5, 5.41) is 22.2. The number of carboxylic acids is 1. The van der Waals surface area contributed by atoms with Crippen LogP contribution in [0.1, 0.15) is 130 Å². The number of rotatable bonds is 10. The van der Waals surface area contributed by atoms with Gasteiger partial charge in [0.15, 0.2) is 12.6 Å². The third kappa shape index (κ3) is 26.9. The first-order valence-electron chi connectivity index (χ1n) is 40.4. The zero-order chi connectivity index (χ0) is 87.5. The highest BCUT2D eigenvalue weighted by atomic mass is 35.5. The van der Waals surface area contributed by atoms with Crippen LogP contribution in [0.3, 0.4) is 0 Å². The first-order chi connectivity index (χ1) is 57.5. The van der Waals surface area contributed by atoms with Gasteiger partial charge in [-0.15, -0.1) is 57.8 Å². The highest BCUT2D eigenvalue weighted by Crippen LogP contribution is 2.38. The van der Waals surface area contributed by atoms with Crippen molar-refractivity contribution < 1.29 is 71.5 Å². The fraction of sp³-hybridized carbons (Fsp3) is 0.422. The first kappa shape index (κ1) is 96.1. The number of piperazine rings is 5. The quantitative estimate of drug-likeness (QED) is 0.0734. The smallest absolute Gasteiger partial charge is 0.410 e. The molecule has 5 aliphatic rings. The van der Waals surface area contributed by atoms with Crippen LogP contribution in [0, 0.1) is 5.82 Å². The number of anilines is 5. The van der Waals surface area contributed by atoms with Crippen molar-refractivity contribution in [3.63, 3.8) is 0 Å². The molecule has 9 heterocycles. The summed E-state index contributed by atoms with van der Waals surface area (Å²) < 4.78 is 44.1. The molecule has 4 aromatic heterocycles. The van der Waals surface area contributed by atoms with Crippen molar-refractivity contribution in [1.29, 1.82) is 0 Å². The molecule has 32 heteroatoms. The molecule has 15 rings (SSSR count). The number of esters is 1. The Bertz CT molecular complexity index is 5190. The van der Waals surface area contributed by atoms with Gasteiger partial charge in [0.1, 0.15) is 38.0 Å². The number of halogens is 4. The highest BCUT2D eigenvalue weighted by molar-refractivity contribution is 7.21. The second-order valence-corrected chi connectivity index (χ2v) is 37.8. The fourth-order valence-corrected chi connectivity index (χ4v) is 17.8. The van der Waals surface area contributed by atoms with Crippen molar-refractivity contribution in [2.45, 2.75) is 112 Å². The normalized spacial score (nSPS) is 15.1. The second kappa shape index (κ2) is 43.6. The molecule has 122 heavy (non-hydrogen) atoms. The third-order valence-electron chi connectivity index (χ3n) is 19.5. The minimum absolute atomic E-state index is 0. The first-order valence-corrected chi connectivity index (χ1v) is 44.5. The molecule has 5 aliphatic heterocycles. The van der Waals surface area contributed by atoms with Gasteiger partial charge in [0.25, 0.3) is 0 Å². The lowest BCUT2D eigenvalue weighted by Crippen LogP contribution is -2.50. The number of fused-ring (bicyclic) bond motifs is 4. The van der Waals surface area contributed by atoms with Crippen molar-refractivity contribution in [2.75, 3.05) is 162 Å². The number of carboxylic acid groups (broad SMARTS) is 1. The molecule has 0 atom stereocenters. The monoisotopic (exact) mass is 1810 g/mol. The molecule has 0 radical (unpaired) electrons. The maximum absolute atomic E-state index is 12.5. The summed E-state index contributed by atoms with van der Waals surface area (Å²) in [5.74, 6) is -1.76. The van der Waals surface area contributed by atoms with Gasteiger partial charge in [-0.3, -0.25) is 9.59 Å². The van der Waals surface area contributed by atoms with E-state index in [2.05, 4.69) is 95.2 Å². The molecular weight excluding hydrogens is 1700 g/mol. The molecule has 5 fully saturated rings. The number of nitrogens with zero attached hydrogens (tertiary/aromatic N) is 9. The lowest BCUT2D eigenvalue weighted by molar-refractivity contribution is 0.0230. The van der Waals surface area contributed by atoms with Crippen LogP contribution < -0.4 is 29.8 Å². The zero-order valence-electron chi connectivity index (χ0n) is 71.3. The topological polar surface area (TPSA) is 244 Å². The van der Waals surface area contributed by atoms with E-state index in [4.69, 9.17) is 46.9 Å². The number of ether oxygens (including phenoxy) is 5. The number of benzene rings is 6. The van der Waals surface area contributed by atoms with E-state index in [-0.39, 0.29) is 53.3 Å². The van der Waals surface area contributed by atoms with E-state index in [1.54, 1.807) is 50.0 Å². The number of hydrogen-bond donors (Lipinski definition) is 2. The molecule has 2 N–H and O–H groups in total. The molecule has 4 amide bonds. The van der Waals surface area contributed by atoms with Crippen LogP contribution in [0.15, 0.2) is 144 Å². The predicted molar refractivity (Wildman–Crippen MR) is 496 cm³/mol. The van der Waals surface area contributed by atoms with Crippen LogP contribution in [-0.4, -0.2) is 233 Å². The Labute approximate surface area is 745 Å². The highest BCUT2D eigenvalue weighted by Gasteiger charge is 2.33. The summed E-state index contributed by atoms with van der Waals surface area (Å²) >= 11 is 17.8. The molecule has 0 saturated carbocycles. The number of aromatic carboxylic acids is 1. The van der Waals surface area contributed by atoms with Crippen molar-refractivity contribution >= 4 is 199 Å². The van der Waals surface area contributed by atoms with Crippen LogP contribution in [0.2, 0.25) is 10.0 Å². The van der Waals surface area contributed by atoms with Crippen molar-refractivity contribution in [3.05, 3.63) is 181 Å². The van der Waals surface area contributed by atoms with Gasteiger partial charge in [0, 0.05) is 200 Å². The van der Waals surface area contributed by atoms with Crippen molar-refractivity contribution in [2.24, 2.45) is 0 Å². The average molecular weight is 1810 g/mol. The molecule has 6 aromatic carbocycles. The molecule has 0 bridgehead atoms. The van der Waals surface area contributed by atoms with Gasteiger partial charge < -0.3 is 78.2 Å². The van der Waals surface area contributed by atoms with Gasteiger partial charge >= 0.3 is 36.3 Å². The van der Waals surface area contributed by atoms with Crippen LogP contribution in [0.5, 0.6) is 0 Å². The van der Waals surface area contributed by atoms with Crippen LogP contribution in [0.25, 0.3) is 40.3 Å². The van der Waals surface area contributed by atoms with Crippen molar-refractivity contribution in [3.8, 4) is 0 Å². The molecule has 0 spiro atoms. The molecule has 10 aromatic rings. The maximum atomic E-state index is 12.5. The molecule has 5 saturated heterocycles. The van der Waals surface area contributed by atoms with Gasteiger partial charge in [0.2, 0.25) is 0 Å². The summed E-state index contributed by atoms with van der Waals surface area (Å²) in [5.41, 5.74) is 4.09. The van der Waals surface area contributed by atoms with E-state index >= 15 is 0 Å². The summed E-state index contributed by atoms with van der Waals surface area (Å²) in [4.78, 5) is 112. The standard InChI is InChI=1S/C20H26N2O4S.C18H22N2O4S.C17H22N2O2S.C16H21ClN2O3.C12H14N2S.C7H4ClFO.ClH/c1-5-25-18(23)17-13-14-15(7-6-8-16(14)27-17)21-9-11-22(12-10-21)19(24)26-20(2,3)4;1-18(2,3)24-17(23)20-9-7-19(8-10-20)13-5-4-6-14-12(13)11-15(25-14)16(21)22;1-17(2,3)21-16(20)19-10-8-18(9-11-19)14-5-4-6-15-13(14)7-12-22-15;1-16(2,3)22-15(21)19-9-7-18(8-10-19)14-6-4-5-13(17)12(14)11-20;1-2-11(14-7-5-13-6-8-14)10-4-9-15-12(10)3-1;8-6-2-1-3-7(9)5(6)4-10;/h6-8,13H,5,9-12H2,1-4H3;4-6,11H,7-10H2,1-3H3,(H,21,22);4-7,12H,8-11H2,1-3H3;4-6,11H,7-10H2,1-3H3;1-4,9,13H,5-8H2;1-4H;1H. The van der Waals surface area contributed by atoms with E-state index in [1.807, 2.05) is 143 Å². The Morgan fingerprint density at radius 2 is 0.713 bits per heavy atom. The van der Waals surface area contributed by atoms with Gasteiger partial charge in [-0.05, 0) is 198 Å². The second-order valence-electron chi connectivity index (χ2n) is 32.9. The number of hydrogen-bond acceptors (Lipinski definition) is 23. The van der Waals surface area contributed by atoms with E-state index < -0.39 is 34.2 Å². The zero-order valence-corrected chi connectivity index (χ0v) is 76.9. The lowest BCUT2D eigenvalue weighted by Gasteiger charge is -2.37. The number of aldehydes is 2. The lowest BCUT2D eigenvalue weighted by atomic mass is 10.1. The fourth-order valence-electron chi connectivity index (χ4n) is 13.8. The summed E-state index contributed by atoms with van der Waals surface area (Å²) in [6.45, 7) is 39.8. The Morgan fingerprint density at radius 3 is 1.05 bits per heavy atom. The Hall–Kier alpha value is -9.72.